The number of anilines is 1. The van der Waals surface area contributed by atoms with Crippen LogP contribution in [0.3, 0.4) is 0 Å². The summed E-state index contributed by atoms with van der Waals surface area (Å²) in [6.07, 6.45) is 1.60. The fourth-order valence-electron chi connectivity index (χ4n) is 2.65. The van der Waals surface area contributed by atoms with Crippen molar-refractivity contribution in [3.05, 3.63) is 59.8 Å². The largest absolute Gasteiger partial charge is 0.355 e. The molecule has 7 heteroatoms. The zero-order valence-corrected chi connectivity index (χ0v) is 14.5. The van der Waals surface area contributed by atoms with Gasteiger partial charge in [0.1, 0.15) is 5.52 Å². The summed E-state index contributed by atoms with van der Waals surface area (Å²) >= 11 is 5.96. The van der Waals surface area contributed by atoms with Crippen molar-refractivity contribution in [2.45, 2.75) is 6.92 Å². The lowest BCUT2D eigenvalue weighted by molar-refractivity contribution is -0.114. The molecule has 0 saturated carbocycles. The van der Waals surface area contributed by atoms with Crippen molar-refractivity contribution in [1.82, 2.24) is 15.1 Å². The van der Waals surface area contributed by atoms with Crippen molar-refractivity contribution >= 4 is 34.4 Å². The van der Waals surface area contributed by atoms with Crippen LogP contribution in [0, 0.1) is 0 Å². The van der Waals surface area contributed by atoms with Crippen molar-refractivity contribution in [2.24, 2.45) is 0 Å². The Bertz CT molecular complexity index is 1110. The fraction of sp³-hybridized carbons (Fsp3) is 0.0526. The van der Waals surface area contributed by atoms with Gasteiger partial charge in [0, 0.05) is 29.3 Å². The highest BCUT2D eigenvalue weighted by Gasteiger charge is 2.13. The Morgan fingerprint density at radius 1 is 1.08 bits per heavy atom. The second-order valence-electron chi connectivity index (χ2n) is 5.70. The third kappa shape index (κ3) is 3.14. The van der Waals surface area contributed by atoms with E-state index in [1.807, 2.05) is 30.3 Å². The molecule has 0 spiro atoms. The number of carbonyl (C=O) groups excluding carboxylic acids is 1. The molecule has 0 bridgehead atoms. The minimum atomic E-state index is -0.221. The van der Waals surface area contributed by atoms with E-state index in [1.54, 1.807) is 24.4 Å². The van der Waals surface area contributed by atoms with Gasteiger partial charge in [0.05, 0.1) is 11.1 Å². The van der Waals surface area contributed by atoms with E-state index < -0.39 is 0 Å². The number of rotatable bonds is 3. The number of aromatic nitrogens is 3. The number of halogens is 1. The van der Waals surface area contributed by atoms with Crippen molar-refractivity contribution in [1.29, 1.82) is 0 Å². The average Bonchev–Trinajstić information content (AvgIpc) is 3.05. The molecule has 6 nitrogen and oxygen atoms in total. The van der Waals surface area contributed by atoms with Gasteiger partial charge in [-0.15, -0.1) is 0 Å². The van der Waals surface area contributed by atoms with Crippen LogP contribution < -0.4 is 5.32 Å². The molecule has 26 heavy (non-hydrogen) atoms. The molecule has 0 radical (unpaired) electrons. The highest BCUT2D eigenvalue weighted by atomic mass is 35.5. The van der Waals surface area contributed by atoms with Gasteiger partial charge in [-0.2, -0.15) is 0 Å². The van der Waals surface area contributed by atoms with Crippen LogP contribution in [0.4, 0.5) is 5.95 Å². The molecule has 0 aliphatic carbocycles. The lowest BCUT2D eigenvalue weighted by Crippen LogP contribution is -2.09. The molecule has 1 amide bonds. The number of amides is 1. The quantitative estimate of drug-likeness (QED) is 0.576. The van der Waals surface area contributed by atoms with E-state index in [-0.39, 0.29) is 11.9 Å². The van der Waals surface area contributed by atoms with E-state index in [0.717, 1.165) is 22.0 Å². The Morgan fingerprint density at radius 3 is 2.62 bits per heavy atom. The zero-order valence-electron chi connectivity index (χ0n) is 13.7. The molecule has 4 rings (SSSR count). The molecule has 0 aliphatic heterocycles. The molecule has 0 unspecified atom stereocenters. The molecular weight excluding hydrogens is 352 g/mol. The molecule has 128 valence electrons. The summed E-state index contributed by atoms with van der Waals surface area (Å²) in [5.74, 6) is 0.703. The predicted molar refractivity (Wildman–Crippen MR) is 99.8 cm³/mol. The molecule has 0 fully saturated rings. The summed E-state index contributed by atoms with van der Waals surface area (Å²) in [4.78, 5) is 19.6. The summed E-state index contributed by atoms with van der Waals surface area (Å²) in [6.45, 7) is 1.41. The number of hydrogen-bond donors (Lipinski definition) is 1. The number of nitrogens with zero attached hydrogens (tertiary/aromatic N) is 3. The Balaban J connectivity index is 1.79. The van der Waals surface area contributed by atoms with E-state index in [1.165, 1.54) is 6.92 Å². The lowest BCUT2D eigenvalue weighted by Gasteiger charge is -2.04. The molecule has 0 atom stereocenters. The summed E-state index contributed by atoms with van der Waals surface area (Å²) in [5, 5.41) is 8.22. The lowest BCUT2D eigenvalue weighted by atomic mass is 10.0. The van der Waals surface area contributed by atoms with Gasteiger partial charge < -0.3 is 4.52 Å². The van der Waals surface area contributed by atoms with Crippen molar-refractivity contribution in [2.75, 3.05) is 5.32 Å². The first-order chi connectivity index (χ1) is 12.6. The van der Waals surface area contributed by atoms with Gasteiger partial charge in [0.2, 0.25) is 11.9 Å². The van der Waals surface area contributed by atoms with Crippen LogP contribution in [0.25, 0.3) is 33.5 Å². The van der Waals surface area contributed by atoms with Gasteiger partial charge in [-0.25, -0.2) is 9.97 Å². The minimum Gasteiger partial charge on any atom is -0.355 e. The maximum Gasteiger partial charge on any atom is 0.229 e. The molecule has 0 aliphatic rings. The Morgan fingerprint density at radius 2 is 1.85 bits per heavy atom. The van der Waals surface area contributed by atoms with E-state index in [2.05, 4.69) is 20.4 Å². The number of fused-ring (bicyclic) bond motifs is 1. The van der Waals surface area contributed by atoms with Gasteiger partial charge in [0.15, 0.2) is 5.76 Å². The molecule has 2 aromatic heterocycles. The van der Waals surface area contributed by atoms with Gasteiger partial charge >= 0.3 is 0 Å². The van der Waals surface area contributed by atoms with Crippen LogP contribution >= 0.6 is 11.6 Å². The van der Waals surface area contributed by atoms with Crippen LogP contribution in [0.1, 0.15) is 6.92 Å². The third-order valence-electron chi connectivity index (χ3n) is 3.82. The number of benzene rings is 2. The van der Waals surface area contributed by atoms with E-state index in [0.29, 0.717) is 16.5 Å². The monoisotopic (exact) mass is 364 g/mol. The third-order valence-corrected chi connectivity index (χ3v) is 4.07. The highest BCUT2D eigenvalue weighted by Crippen LogP contribution is 2.32. The second kappa shape index (κ2) is 6.57. The van der Waals surface area contributed by atoms with Gasteiger partial charge in [-0.3, -0.25) is 10.1 Å². The smallest absolute Gasteiger partial charge is 0.229 e. The second-order valence-corrected chi connectivity index (χ2v) is 6.13. The molecule has 4 aromatic rings. The van der Waals surface area contributed by atoms with E-state index >= 15 is 0 Å². The van der Waals surface area contributed by atoms with E-state index in [9.17, 15) is 4.79 Å². The SMILES string of the molecule is CC(=O)Nc1nccc(-c2ccc3noc(-c4ccc(Cl)cc4)c3c2)n1. The Kier molecular flexibility index (Phi) is 4.10. The first-order valence-corrected chi connectivity index (χ1v) is 8.24. The summed E-state index contributed by atoms with van der Waals surface area (Å²) in [7, 11) is 0. The maximum absolute atomic E-state index is 11.2. The van der Waals surface area contributed by atoms with Crippen LogP contribution in [0.5, 0.6) is 0 Å². The Hall–Kier alpha value is -3.25. The average molecular weight is 365 g/mol. The fourth-order valence-corrected chi connectivity index (χ4v) is 2.77. The number of carbonyl (C=O) groups is 1. The molecule has 2 heterocycles. The summed E-state index contributed by atoms with van der Waals surface area (Å²) in [5.41, 5.74) is 3.18. The van der Waals surface area contributed by atoms with Crippen molar-refractivity contribution in [3.8, 4) is 22.6 Å². The van der Waals surface area contributed by atoms with Crippen LogP contribution in [-0.4, -0.2) is 21.0 Å². The normalized spacial score (nSPS) is 10.8. The van der Waals surface area contributed by atoms with Crippen LogP contribution in [-0.2, 0) is 4.79 Å². The van der Waals surface area contributed by atoms with Crippen LogP contribution in [0.2, 0.25) is 5.02 Å². The van der Waals surface area contributed by atoms with Gasteiger partial charge in [-0.1, -0.05) is 22.8 Å². The molecule has 1 N–H and O–H groups in total. The maximum atomic E-state index is 11.2. The predicted octanol–water partition coefficient (Wildman–Crippen LogP) is 4.56. The highest BCUT2D eigenvalue weighted by molar-refractivity contribution is 6.30. The first-order valence-electron chi connectivity index (χ1n) is 7.86. The van der Waals surface area contributed by atoms with Crippen molar-refractivity contribution < 1.29 is 9.32 Å². The van der Waals surface area contributed by atoms with Gasteiger partial charge in [0.25, 0.3) is 0 Å². The Labute approximate surface area is 153 Å². The van der Waals surface area contributed by atoms with Crippen LogP contribution in [0.15, 0.2) is 59.3 Å². The minimum absolute atomic E-state index is 0.221. The summed E-state index contributed by atoms with van der Waals surface area (Å²) < 4.78 is 5.53. The first kappa shape index (κ1) is 16.2. The number of nitrogens with one attached hydrogen (secondary N) is 1. The summed E-state index contributed by atoms with van der Waals surface area (Å²) in [6, 6.07) is 14.9. The van der Waals surface area contributed by atoms with Crippen molar-refractivity contribution in [3.63, 3.8) is 0 Å². The van der Waals surface area contributed by atoms with Gasteiger partial charge in [-0.05, 0) is 42.5 Å². The van der Waals surface area contributed by atoms with E-state index in [4.69, 9.17) is 16.1 Å². The molecule has 0 saturated heterocycles. The zero-order chi connectivity index (χ0) is 18.1. The molecular formula is C19H13ClN4O2. The standard InChI is InChI=1S/C19H13ClN4O2/c1-11(25)22-19-21-9-8-16(23-19)13-4-7-17-15(10-13)18(26-24-17)12-2-5-14(20)6-3-12/h2-10H,1H3,(H,21,22,23,25). The topological polar surface area (TPSA) is 80.9 Å². The molecule has 2 aromatic carbocycles. The number of hydrogen-bond acceptors (Lipinski definition) is 5.